The molecule has 0 saturated carbocycles. The number of hydrogen-bond acceptors (Lipinski definition) is 5. The molecule has 1 heterocycles. The summed E-state index contributed by atoms with van der Waals surface area (Å²) in [6, 6.07) is 12.0. The zero-order chi connectivity index (χ0) is 17.3. The maximum atomic E-state index is 12.0. The highest BCUT2D eigenvalue weighted by atomic mass is 79.9. The SMILES string of the molecule is Cc1ccc(C2=NC(=Cc3cccc(Br)c3)C(=O)O2)cc1[N+](=O)[O-]. The first-order valence-electron chi connectivity index (χ1n) is 6.97. The molecule has 0 spiro atoms. The van der Waals surface area contributed by atoms with Gasteiger partial charge >= 0.3 is 5.97 Å². The van der Waals surface area contributed by atoms with Crippen LogP contribution in [0.4, 0.5) is 5.69 Å². The summed E-state index contributed by atoms with van der Waals surface area (Å²) in [5.41, 5.74) is 1.80. The minimum Gasteiger partial charge on any atom is -0.402 e. The van der Waals surface area contributed by atoms with E-state index in [4.69, 9.17) is 4.74 Å². The van der Waals surface area contributed by atoms with Gasteiger partial charge in [0.05, 0.1) is 4.92 Å². The number of halogens is 1. The number of cyclic esters (lactones) is 1. The summed E-state index contributed by atoms with van der Waals surface area (Å²) in [6.07, 6.45) is 1.60. The van der Waals surface area contributed by atoms with Crippen LogP contribution >= 0.6 is 15.9 Å². The molecule has 24 heavy (non-hydrogen) atoms. The summed E-state index contributed by atoms with van der Waals surface area (Å²) in [4.78, 5) is 26.7. The van der Waals surface area contributed by atoms with Crippen molar-refractivity contribution in [3.8, 4) is 0 Å². The number of carbonyl (C=O) groups excluding carboxylic acids is 1. The largest absolute Gasteiger partial charge is 0.402 e. The molecular formula is C17H11BrN2O4. The molecule has 0 amide bonds. The average Bonchev–Trinajstić information content (AvgIpc) is 2.88. The minimum absolute atomic E-state index is 0.0457. The molecule has 6 nitrogen and oxygen atoms in total. The maximum absolute atomic E-state index is 12.0. The number of rotatable bonds is 3. The lowest BCUT2D eigenvalue weighted by Crippen LogP contribution is -2.06. The van der Waals surface area contributed by atoms with Crippen molar-refractivity contribution in [1.82, 2.24) is 0 Å². The van der Waals surface area contributed by atoms with Crippen molar-refractivity contribution in [3.63, 3.8) is 0 Å². The van der Waals surface area contributed by atoms with Crippen molar-refractivity contribution in [3.05, 3.63) is 79.4 Å². The number of benzene rings is 2. The van der Waals surface area contributed by atoms with Gasteiger partial charge in [0.2, 0.25) is 5.90 Å². The fourth-order valence-corrected chi connectivity index (χ4v) is 2.64. The quantitative estimate of drug-likeness (QED) is 0.345. The molecule has 2 aromatic rings. The maximum Gasteiger partial charge on any atom is 0.363 e. The van der Waals surface area contributed by atoms with E-state index in [2.05, 4.69) is 20.9 Å². The molecule has 0 unspecified atom stereocenters. The number of carbonyl (C=O) groups is 1. The first-order valence-corrected chi connectivity index (χ1v) is 7.77. The molecule has 0 fully saturated rings. The highest BCUT2D eigenvalue weighted by molar-refractivity contribution is 9.10. The van der Waals surface area contributed by atoms with Crippen molar-refractivity contribution in [2.45, 2.75) is 6.92 Å². The van der Waals surface area contributed by atoms with Gasteiger partial charge in [0.25, 0.3) is 5.69 Å². The van der Waals surface area contributed by atoms with Gasteiger partial charge in [-0.1, -0.05) is 34.1 Å². The Bertz CT molecular complexity index is 919. The number of ether oxygens (including phenoxy) is 1. The van der Waals surface area contributed by atoms with Gasteiger partial charge in [-0.05, 0) is 36.8 Å². The van der Waals surface area contributed by atoms with Crippen LogP contribution in [0.15, 0.2) is 57.6 Å². The molecule has 0 radical (unpaired) electrons. The predicted molar refractivity (Wildman–Crippen MR) is 92.6 cm³/mol. The smallest absolute Gasteiger partial charge is 0.363 e. The summed E-state index contributed by atoms with van der Waals surface area (Å²) in [7, 11) is 0. The number of aryl methyl sites for hydroxylation is 1. The number of nitro benzene ring substituents is 1. The Morgan fingerprint density at radius 1 is 1.25 bits per heavy atom. The second-order valence-electron chi connectivity index (χ2n) is 5.15. The van der Waals surface area contributed by atoms with Crippen molar-refractivity contribution in [1.29, 1.82) is 0 Å². The van der Waals surface area contributed by atoms with Crippen LogP contribution in [0.1, 0.15) is 16.7 Å². The normalized spacial score (nSPS) is 15.3. The Morgan fingerprint density at radius 3 is 2.75 bits per heavy atom. The summed E-state index contributed by atoms with van der Waals surface area (Å²) in [5.74, 6) is -0.530. The van der Waals surface area contributed by atoms with Crippen LogP contribution in [0.3, 0.4) is 0 Å². The standard InChI is InChI=1S/C17H11BrN2O4/c1-10-5-6-12(9-15(10)20(22)23)16-19-14(17(21)24-16)8-11-3-2-4-13(18)7-11/h2-9H,1H3. The summed E-state index contributed by atoms with van der Waals surface area (Å²) in [5, 5.41) is 11.0. The second-order valence-corrected chi connectivity index (χ2v) is 6.07. The third kappa shape index (κ3) is 3.26. The molecule has 0 saturated heterocycles. The van der Waals surface area contributed by atoms with E-state index >= 15 is 0 Å². The number of hydrogen-bond donors (Lipinski definition) is 0. The Hall–Kier alpha value is -2.80. The number of aliphatic imine (C=N–C) groups is 1. The fraction of sp³-hybridized carbons (Fsp3) is 0.0588. The molecule has 1 aliphatic heterocycles. The molecule has 0 aromatic heterocycles. The summed E-state index contributed by atoms with van der Waals surface area (Å²) < 4.78 is 6.02. The monoisotopic (exact) mass is 386 g/mol. The molecule has 7 heteroatoms. The predicted octanol–water partition coefficient (Wildman–Crippen LogP) is 4.01. The lowest BCUT2D eigenvalue weighted by Gasteiger charge is -2.01. The third-order valence-corrected chi connectivity index (χ3v) is 3.92. The molecule has 0 bridgehead atoms. The third-order valence-electron chi connectivity index (χ3n) is 3.43. The van der Waals surface area contributed by atoms with Gasteiger partial charge in [-0.25, -0.2) is 9.79 Å². The van der Waals surface area contributed by atoms with Crippen molar-refractivity contribution < 1.29 is 14.5 Å². The van der Waals surface area contributed by atoms with Crippen LogP contribution in [0, 0.1) is 17.0 Å². The van der Waals surface area contributed by atoms with Gasteiger partial charge in [-0.2, -0.15) is 0 Å². The highest BCUT2D eigenvalue weighted by Gasteiger charge is 2.25. The van der Waals surface area contributed by atoms with E-state index in [1.807, 2.05) is 24.3 Å². The van der Waals surface area contributed by atoms with E-state index in [1.54, 1.807) is 25.1 Å². The molecule has 3 rings (SSSR count). The zero-order valence-electron chi connectivity index (χ0n) is 12.5. The molecule has 0 N–H and O–H groups in total. The zero-order valence-corrected chi connectivity index (χ0v) is 14.1. The van der Waals surface area contributed by atoms with Gasteiger partial charge in [-0.15, -0.1) is 0 Å². The average molecular weight is 387 g/mol. The Kier molecular flexibility index (Phi) is 4.26. The van der Waals surface area contributed by atoms with Gasteiger partial charge < -0.3 is 4.74 Å². The van der Waals surface area contributed by atoms with Gasteiger partial charge in [0.1, 0.15) is 0 Å². The van der Waals surface area contributed by atoms with E-state index in [0.717, 1.165) is 10.0 Å². The number of esters is 1. The first-order chi connectivity index (χ1) is 11.4. The van der Waals surface area contributed by atoms with Crippen LogP contribution in [0.2, 0.25) is 0 Å². The van der Waals surface area contributed by atoms with E-state index in [1.165, 1.54) is 6.07 Å². The van der Waals surface area contributed by atoms with Crippen molar-refractivity contribution >= 4 is 39.6 Å². The van der Waals surface area contributed by atoms with Crippen molar-refractivity contribution in [2.24, 2.45) is 4.99 Å². The van der Waals surface area contributed by atoms with E-state index in [0.29, 0.717) is 11.1 Å². The molecule has 0 atom stereocenters. The van der Waals surface area contributed by atoms with E-state index in [-0.39, 0.29) is 17.3 Å². The van der Waals surface area contributed by atoms with Crippen molar-refractivity contribution in [2.75, 3.05) is 0 Å². The Morgan fingerprint density at radius 2 is 2.04 bits per heavy atom. The van der Waals surface area contributed by atoms with Crippen LogP contribution in [-0.4, -0.2) is 16.8 Å². The highest BCUT2D eigenvalue weighted by Crippen LogP contribution is 2.24. The number of nitrogens with zero attached hydrogens (tertiary/aromatic N) is 2. The van der Waals surface area contributed by atoms with Crippen LogP contribution in [-0.2, 0) is 9.53 Å². The number of nitro groups is 1. The van der Waals surface area contributed by atoms with Gasteiger partial charge in [0.15, 0.2) is 5.70 Å². The second kappa shape index (κ2) is 6.37. The Balaban J connectivity index is 1.98. The lowest BCUT2D eigenvalue weighted by molar-refractivity contribution is -0.385. The molecule has 0 aliphatic carbocycles. The van der Waals surface area contributed by atoms with Crippen LogP contribution in [0.25, 0.3) is 6.08 Å². The fourth-order valence-electron chi connectivity index (χ4n) is 2.23. The van der Waals surface area contributed by atoms with E-state index < -0.39 is 10.9 Å². The Labute approximate surface area is 145 Å². The minimum atomic E-state index is -0.590. The van der Waals surface area contributed by atoms with Crippen LogP contribution in [0.5, 0.6) is 0 Å². The summed E-state index contributed by atoms with van der Waals surface area (Å²) in [6.45, 7) is 1.64. The molecule has 1 aliphatic rings. The molecule has 120 valence electrons. The first kappa shape index (κ1) is 16.1. The molecule has 2 aromatic carbocycles. The van der Waals surface area contributed by atoms with Crippen LogP contribution < -0.4 is 0 Å². The lowest BCUT2D eigenvalue weighted by atomic mass is 10.1. The van der Waals surface area contributed by atoms with Gasteiger partial charge in [-0.3, -0.25) is 10.1 Å². The van der Waals surface area contributed by atoms with E-state index in [9.17, 15) is 14.9 Å². The molecular weight excluding hydrogens is 376 g/mol. The topological polar surface area (TPSA) is 81.8 Å². The summed E-state index contributed by atoms with van der Waals surface area (Å²) >= 11 is 3.36. The van der Waals surface area contributed by atoms with Gasteiger partial charge in [0, 0.05) is 21.7 Å².